The van der Waals surface area contributed by atoms with Crippen LogP contribution >= 0.6 is 45.9 Å². The van der Waals surface area contributed by atoms with Gasteiger partial charge in [0.1, 0.15) is 0 Å². The van der Waals surface area contributed by atoms with E-state index < -0.39 is 11.6 Å². The Kier molecular flexibility index (Phi) is 4.34. The molecule has 0 saturated carbocycles. The molecule has 0 radical (unpaired) electrons. The number of alkyl halides is 3. The van der Waals surface area contributed by atoms with E-state index in [1.165, 1.54) is 0 Å². The largest absolute Gasteiger partial charge is 0.360 e. The smallest absolute Gasteiger partial charge is 0.291 e. The molecule has 0 aliphatic heterocycles. The highest BCUT2D eigenvalue weighted by molar-refractivity contribution is 7.16. The molecule has 0 spiro atoms. The van der Waals surface area contributed by atoms with Crippen molar-refractivity contribution in [1.29, 1.82) is 0 Å². The highest BCUT2D eigenvalue weighted by Crippen LogP contribution is 2.33. The Bertz CT molecular complexity index is 110. The maximum Gasteiger partial charge on any atom is 0.291 e. The number of rotatable bonds is 2. The first kappa shape index (κ1) is 11.3. The first-order valence-electron chi connectivity index (χ1n) is 2.72. The van der Waals surface area contributed by atoms with Gasteiger partial charge < -0.3 is 4.43 Å². The molecule has 1 unspecified atom stereocenters. The van der Waals surface area contributed by atoms with Crippen LogP contribution in [-0.4, -0.2) is 11.6 Å². The van der Waals surface area contributed by atoms with Gasteiger partial charge in [0.05, 0.1) is 0 Å². The minimum absolute atomic E-state index is 0.711. The van der Waals surface area contributed by atoms with Crippen LogP contribution in [0, 0.1) is 0 Å². The lowest BCUT2D eigenvalue weighted by Crippen LogP contribution is -2.32. The van der Waals surface area contributed by atoms with Crippen LogP contribution in [0.3, 0.4) is 0 Å². The van der Waals surface area contributed by atoms with Crippen LogP contribution < -0.4 is 0 Å². The van der Waals surface area contributed by atoms with Crippen molar-refractivity contribution in [3.05, 3.63) is 0 Å². The Morgan fingerprint density at radius 3 is 1.90 bits per heavy atom. The van der Waals surface area contributed by atoms with Crippen molar-refractivity contribution in [2.75, 3.05) is 0 Å². The van der Waals surface area contributed by atoms with E-state index in [9.17, 15) is 0 Å². The van der Waals surface area contributed by atoms with Gasteiger partial charge in [-0.1, -0.05) is 41.7 Å². The Labute approximate surface area is 81.4 Å². The second kappa shape index (κ2) is 3.83. The highest BCUT2D eigenvalue weighted by Gasteiger charge is 2.34. The molecule has 0 rings (SSSR count). The Balaban J connectivity index is 3.89. The van der Waals surface area contributed by atoms with Crippen LogP contribution in [0.1, 0.15) is 6.92 Å². The summed E-state index contributed by atoms with van der Waals surface area (Å²) in [6, 6.07) is 0.711. The highest BCUT2D eigenvalue weighted by atomic mass is 35.6. The molecule has 1 nitrogen and oxygen atoms in total. The first-order valence-corrected chi connectivity index (χ1v) is 7.49. The summed E-state index contributed by atoms with van der Waals surface area (Å²) < 4.78 is 3.31. The third-order valence-corrected chi connectivity index (χ3v) is 4.61. The molecule has 6 heteroatoms. The third kappa shape index (κ3) is 6.07. The summed E-state index contributed by atoms with van der Waals surface area (Å²) in [5, 5.41) is 0. The van der Waals surface area contributed by atoms with Gasteiger partial charge in [-0.25, -0.2) is 0 Å². The number of halogens is 4. The van der Waals surface area contributed by atoms with Gasteiger partial charge in [0.2, 0.25) is 0 Å². The minimum atomic E-state index is -2.24. The van der Waals surface area contributed by atoms with Gasteiger partial charge in [-0.15, -0.1) is 11.1 Å². The molecular weight excluding hydrogens is 234 g/mol. The van der Waals surface area contributed by atoms with Crippen molar-refractivity contribution in [3.8, 4) is 0 Å². The van der Waals surface area contributed by atoms with E-state index in [0.717, 1.165) is 0 Å². The molecule has 0 heterocycles. The lowest BCUT2D eigenvalue weighted by Gasteiger charge is -2.23. The van der Waals surface area contributed by atoms with E-state index in [0.29, 0.717) is 6.04 Å². The van der Waals surface area contributed by atoms with Crippen LogP contribution in [0.25, 0.3) is 0 Å². The zero-order valence-electron chi connectivity index (χ0n) is 5.63. The number of hydrogen-bond acceptors (Lipinski definition) is 1. The van der Waals surface area contributed by atoms with Gasteiger partial charge in [0.25, 0.3) is 11.6 Å². The Morgan fingerprint density at radius 1 is 1.40 bits per heavy atom. The van der Waals surface area contributed by atoms with Gasteiger partial charge in [0.15, 0.2) is 0 Å². The van der Waals surface area contributed by atoms with Crippen molar-refractivity contribution < 1.29 is 4.43 Å². The Morgan fingerprint density at radius 2 is 1.80 bits per heavy atom. The molecule has 0 aliphatic carbocycles. The SMILES string of the molecule is CC[Si](C)(Cl)OC(Cl)(Cl)Cl. The van der Waals surface area contributed by atoms with E-state index in [1.807, 2.05) is 6.92 Å². The zero-order chi connectivity index (χ0) is 8.41. The van der Waals surface area contributed by atoms with Crippen LogP contribution in [0.5, 0.6) is 0 Å². The van der Waals surface area contributed by atoms with Crippen LogP contribution in [0.2, 0.25) is 12.6 Å². The van der Waals surface area contributed by atoms with Crippen LogP contribution in [-0.2, 0) is 4.43 Å². The van der Waals surface area contributed by atoms with E-state index in [4.69, 9.17) is 50.3 Å². The van der Waals surface area contributed by atoms with Gasteiger partial charge >= 0.3 is 0 Å². The zero-order valence-corrected chi connectivity index (χ0v) is 9.65. The second-order valence-corrected chi connectivity index (χ2v) is 9.69. The summed E-state index contributed by atoms with van der Waals surface area (Å²) in [4.78, 5) is 0. The second-order valence-electron chi connectivity index (χ2n) is 2.00. The van der Waals surface area contributed by atoms with Gasteiger partial charge in [-0.05, 0) is 12.6 Å². The molecule has 0 N–H and O–H groups in total. The van der Waals surface area contributed by atoms with Crippen LogP contribution in [0.4, 0.5) is 0 Å². The molecule has 0 aromatic rings. The summed E-state index contributed by atoms with van der Waals surface area (Å²) in [6.45, 7) is 3.67. The van der Waals surface area contributed by atoms with Crippen LogP contribution in [0.15, 0.2) is 0 Å². The van der Waals surface area contributed by atoms with Crippen molar-refractivity contribution in [2.45, 2.75) is 23.5 Å². The quantitative estimate of drug-likeness (QED) is 0.408. The maximum absolute atomic E-state index is 5.87. The summed E-state index contributed by atoms with van der Waals surface area (Å²) >= 11 is 21.9. The number of hydrogen-bond donors (Lipinski definition) is 0. The molecular formula is C4H8Cl4OSi. The lowest BCUT2D eigenvalue weighted by molar-refractivity contribution is 0.319. The normalized spacial score (nSPS) is 18.6. The molecule has 0 bridgehead atoms. The average molecular weight is 242 g/mol. The lowest BCUT2D eigenvalue weighted by atomic mass is 11.0. The standard InChI is InChI=1S/C4H8Cl4OSi/c1-3-10(2,8)9-4(5,6)7/h3H2,1-2H3. The van der Waals surface area contributed by atoms with Crippen molar-refractivity contribution in [1.82, 2.24) is 0 Å². The van der Waals surface area contributed by atoms with E-state index >= 15 is 0 Å². The van der Waals surface area contributed by atoms with Gasteiger partial charge in [0, 0.05) is 0 Å². The fourth-order valence-electron chi connectivity index (χ4n) is 0.313. The third-order valence-electron chi connectivity index (χ3n) is 0.960. The van der Waals surface area contributed by atoms with E-state index in [-0.39, 0.29) is 0 Å². The summed E-state index contributed by atoms with van der Waals surface area (Å²) in [5.41, 5.74) is 0. The molecule has 62 valence electrons. The molecule has 0 aromatic heterocycles. The minimum Gasteiger partial charge on any atom is -0.360 e. The van der Waals surface area contributed by atoms with Gasteiger partial charge in [-0.3, -0.25) is 0 Å². The van der Waals surface area contributed by atoms with E-state index in [2.05, 4.69) is 0 Å². The Hall–Kier alpha value is 1.34. The van der Waals surface area contributed by atoms with Gasteiger partial charge in [-0.2, -0.15) is 0 Å². The predicted octanol–water partition coefficient (Wildman–Crippen LogP) is 3.66. The van der Waals surface area contributed by atoms with E-state index in [1.54, 1.807) is 6.55 Å². The topological polar surface area (TPSA) is 9.23 Å². The molecule has 10 heavy (non-hydrogen) atoms. The predicted molar refractivity (Wildman–Crippen MR) is 49.3 cm³/mol. The summed E-state index contributed by atoms with van der Waals surface area (Å²) in [7, 11) is -2.24. The molecule has 0 fully saturated rings. The fourth-order valence-corrected chi connectivity index (χ4v) is 3.18. The van der Waals surface area contributed by atoms with Crippen molar-refractivity contribution in [3.63, 3.8) is 0 Å². The molecule has 0 amide bonds. The maximum atomic E-state index is 5.87. The monoisotopic (exact) mass is 240 g/mol. The molecule has 0 aromatic carbocycles. The molecule has 0 saturated heterocycles. The van der Waals surface area contributed by atoms with Crippen molar-refractivity contribution in [2.24, 2.45) is 0 Å². The first-order chi connectivity index (χ1) is 4.27. The fraction of sp³-hybridized carbons (Fsp3) is 1.00. The van der Waals surface area contributed by atoms with Crippen molar-refractivity contribution >= 4 is 53.5 Å². The summed E-state index contributed by atoms with van der Waals surface area (Å²) in [5.74, 6) is 0. The molecule has 0 aliphatic rings. The molecule has 1 atom stereocenters. The summed E-state index contributed by atoms with van der Waals surface area (Å²) in [6.07, 6.45) is 0. The average Bonchev–Trinajstić information content (AvgIpc) is 1.60.